The molecule has 0 radical (unpaired) electrons. The Morgan fingerprint density at radius 1 is 1.45 bits per heavy atom. The third-order valence-electron chi connectivity index (χ3n) is 2.71. The van der Waals surface area contributed by atoms with Crippen LogP contribution in [0.2, 0.25) is 0 Å². The highest BCUT2D eigenvalue weighted by Gasteiger charge is 2.21. The molecule has 0 atom stereocenters. The van der Waals surface area contributed by atoms with Crippen molar-refractivity contribution in [1.82, 2.24) is 9.55 Å². The summed E-state index contributed by atoms with van der Waals surface area (Å²) in [5.41, 5.74) is 4.02. The number of anilines is 2. The summed E-state index contributed by atoms with van der Waals surface area (Å²) >= 11 is 0. The van der Waals surface area contributed by atoms with Gasteiger partial charge >= 0.3 is 5.69 Å². The van der Waals surface area contributed by atoms with E-state index in [2.05, 4.69) is 0 Å². The Morgan fingerprint density at radius 3 is 2.60 bits per heavy atom. The zero-order chi connectivity index (χ0) is 15.3. The lowest BCUT2D eigenvalue weighted by atomic mass is 10.3. The van der Waals surface area contributed by atoms with Gasteiger partial charge in [0.25, 0.3) is 12.0 Å². The summed E-state index contributed by atoms with van der Waals surface area (Å²) in [5, 5.41) is 8.91. The fourth-order valence-electron chi connectivity index (χ4n) is 1.91. The number of alkyl halides is 2. The zero-order valence-electron chi connectivity index (χ0n) is 11.1. The van der Waals surface area contributed by atoms with Crippen LogP contribution in [0.1, 0.15) is 13.3 Å². The third-order valence-corrected chi connectivity index (χ3v) is 2.71. The molecule has 1 rings (SSSR count). The van der Waals surface area contributed by atoms with Crippen LogP contribution < -0.4 is 21.9 Å². The van der Waals surface area contributed by atoms with Crippen LogP contribution in [0.25, 0.3) is 0 Å². The van der Waals surface area contributed by atoms with E-state index >= 15 is 0 Å². The second kappa shape index (κ2) is 7.04. The second-order valence-electron chi connectivity index (χ2n) is 4.21. The first-order valence-electron chi connectivity index (χ1n) is 6.18. The fraction of sp³-hybridized carbons (Fsp3) is 0.636. The highest BCUT2D eigenvalue weighted by molar-refractivity contribution is 5.62. The van der Waals surface area contributed by atoms with Crippen molar-refractivity contribution in [3.8, 4) is 0 Å². The topological polar surface area (TPSA) is 104 Å². The van der Waals surface area contributed by atoms with E-state index in [9.17, 15) is 18.4 Å². The fourth-order valence-corrected chi connectivity index (χ4v) is 1.91. The molecule has 0 aliphatic rings. The summed E-state index contributed by atoms with van der Waals surface area (Å²) in [6.07, 6.45) is -2.11. The van der Waals surface area contributed by atoms with E-state index in [1.165, 1.54) is 0 Å². The Kier molecular flexibility index (Phi) is 5.68. The number of H-pyrrole nitrogens is 1. The first-order valence-corrected chi connectivity index (χ1v) is 6.18. The van der Waals surface area contributed by atoms with Crippen molar-refractivity contribution in [2.24, 2.45) is 0 Å². The van der Waals surface area contributed by atoms with E-state index < -0.39 is 30.8 Å². The van der Waals surface area contributed by atoms with E-state index in [0.29, 0.717) is 6.42 Å². The molecule has 1 aromatic rings. The van der Waals surface area contributed by atoms with Crippen molar-refractivity contribution in [2.45, 2.75) is 26.3 Å². The minimum absolute atomic E-state index is 0.172. The Balaban J connectivity index is 3.36. The van der Waals surface area contributed by atoms with Gasteiger partial charge in [-0.05, 0) is 6.42 Å². The Hall–Kier alpha value is -1.90. The van der Waals surface area contributed by atoms with Crippen LogP contribution in [0.4, 0.5) is 20.3 Å². The molecule has 20 heavy (non-hydrogen) atoms. The number of nitrogens with one attached hydrogen (secondary N) is 1. The lowest BCUT2D eigenvalue weighted by molar-refractivity contribution is 0.152. The molecule has 0 spiro atoms. The van der Waals surface area contributed by atoms with Crippen molar-refractivity contribution < 1.29 is 13.9 Å². The minimum atomic E-state index is -2.70. The van der Waals surface area contributed by atoms with Gasteiger partial charge in [-0.1, -0.05) is 6.92 Å². The van der Waals surface area contributed by atoms with Crippen LogP contribution >= 0.6 is 0 Å². The number of hydrogen-bond donors (Lipinski definition) is 3. The van der Waals surface area contributed by atoms with Crippen molar-refractivity contribution in [3.63, 3.8) is 0 Å². The molecule has 7 nitrogen and oxygen atoms in total. The van der Waals surface area contributed by atoms with Crippen molar-refractivity contribution in [1.29, 1.82) is 0 Å². The zero-order valence-corrected chi connectivity index (χ0v) is 11.1. The van der Waals surface area contributed by atoms with Gasteiger partial charge in [0.05, 0.1) is 13.2 Å². The molecule has 0 aromatic carbocycles. The number of aromatic amines is 1. The van der Waals surface area contributed by atoms with Crippen LogP contribution in [0.15, 0.2) is 9.59 Å². The molecule has 0 unspecified atom stereocenters. The number of aromatic nitrogens is 2. The van der Waals surface area contributed by atoms with E-state index in [-0.39, 0.29) is 24.6 Å². The number of nitrogen functional groups attached to an aromatic ring is 1. The van der Waals surface area contributed by atoms with Gasteiger partial charge in [-0.2, -0.15) is 0 Å². The lowest BCUT2D eigenvalue weighted by Gasteiger charge is -2.24. The van der Waals surface area contributed by atoms with E-state index in [4.69, 9.17) is 10.8 Å². The van der Waals surface area contributed by atoms with Crippen LogP contribution in [-0.4, -0.2) is 40.8 Å². The van der Waals surface area contributed by atoms with Gasteiger partial charge in [0.2, 0.25) is 0 Å². The first kappa shape index (κ1) is 16.2. The number of aliphatic hydroxyl groups excluding tert-OH is 1. The van der Waals surface area contributed by atoms with Gasteiger partial charge in [-0.15, -0.1) is 0 Å². The quantitative estimate of drug-likeness (QED) is 0.634. The van der Waals surface area contributed by atoms with Crippen molar-refractivity contribution >= 4 is 11.5 Å². The summed E-state index contributed by atoms with van der Waals surface area (Å²) in [5.74, 6) is -0.172. The summed E-state index contributed by atoms with van der Waals surface area (Å²) in [7, 11) is 0. The van der Waals surface area contributed by atoms with E-state index in [0.717, 1.165) is 9.47 Å². The molecule has 4 N–H and O–H groups in total. The van der Waals surface area contributed by atoms with Gasteiger partial charge in [0, 0.05) is 13.1 Å². The molecular weight excluding hydrogens is 274 g/mol. The molecule has 114 valence electrons. The van der Waals surface area contributed by atoms with Crippen LogP contribution in [0.5, 0.6) is 0 Å². The maximum Gasteiger partial charge on any atom is 0.330 e. The molecule has 0 fully saturated rings. The number of nitrogens with zero attached hydrogens (tertiary/aromatic N) is 2. The molecular formula is C11H18F2N4O3. The summed E-state index contributed by atoms with van der Waals surface area (Å²) in [4.78, 5) is 26.4. The van der Waals surface area contributed by atoms with Crippen molar-refractivity contribution in [3.05, 3.63) is 20.8 Å². The third kappa shape index (κ3) is 3.56. The maximum absolute atomic E-state index is 12.5. The van der Waals surface area contributed by atoms with Crippen LogP contribution in [-0.2, 0) is 6.54 Å². The standard InChI is InChI=1S/C11H18F2N4O3/c1-2-3-17-9(14)8(10(19)15-11(17)20)16(4-5-18)6-7(12)13/h7,18H,2-6,14H2,1H3,(H,15,19,20). The Bertz CT molecular complexity index is 556. The van der Waals surface area contributed by atoms with Crippen LogP contribution in [0.3, 0.4) is 0 Å². The first-order chi connectivity index (χ1) is 9.42. The average Bonchev–Trinajstić information content (AvgIpc) is 2.33. The molecule has 1 aromatic heterocycles. The number of rotatable bonds is 7. The lowest BCUT2D eigenvalue weighted by Crippen LogP contribution is -2.41. The minimum Gasteiger partial charge on any atom is -0.395 e. The van der Waals surface area contributed by atoms with E-state index in [1.807, 2.05) is 4.98 Å². The molecule has 9 heteroatoms. The maximum atomic E-state index is 12.5. The number of halogens is 2. The molecule has 0 saturated carbocycles. The molecule has 1 heterocycles. The molecule has 0 bridgehead atoms. The molecule has 0 aliphatic heterocycles. The predicted molar refractivity (Wildman–Crippen MR) is 71.3 cm³/mol. The van der Waals surface area contributed by atoms with Gasteiger partial charge < -0.3 is 15.7 Å². The van der Waals surface area contributed by atoms with Crippen molar-refractivity contribution in [2.75, 3.05) is 30.3 Å². The molecule has 0 amide bonds. The predicted octanol–water partition coefficient (Wildman–Crippen LogP) is -0.407. The number of aliphatic hydroxyl groups is 1. The smallest absolute Gasteiger partial charge is 0.330 e. The average molecular weight is 292 g/mol. The van der Waals surface area contributed by atoms with Crippen LogP contribution in [0, 0.1) is 0 Å². The van der Waals surface area contributed by atoms with Gasteiger partial charge in [0.1, 0.15) is 11.5 Å². The SMILES string of the molecule is CCCn1c(N)c(N(CCO)CC(F)F)c(=O)[nH]c1=O. The summed E-state index contributed by atoms with van der Waals surface area (Å²) in [6.45, 7) is 0.718. The number of nitrogens with two attached hydrogens (primary N) is 1. The van der Waals surface area contributed by atoms with Gasteiger partial charge in [0.15, 0.2) is 0 Å². The second-order valence-corrected chi connectivity index (χ2v) is 4.21. The normalized spacial score (nSPS) is 11.1. The summed E-state index contributed by atoms with van der Waals surface area (Å²) in [6, 6.07) is 0. The summed E-state index contributed by atoms with van der Waals surface area (Å²) < 4.78 is 26.2. The number of hydrogen-bond acceptors (Lipinski definition) is 5. The highest BCUT2D eigenvalue weighted by Crippen LogP contribution is 2.17. The van der Waals surface area contributed by atoms with Gasteiger partial charge in [-0.25, -0.2) is 13.6 Å². The molecule has 0 aliphatic carbocycles. The largest absolute Gasteiger partial charge is 0.395 e. The Morgan fingerprint density at radius 2 is 2.10 bits per heavy atom. The Labute approximate surface area is 113 Å². The van der Waals surface area contributed by atoms with E-state index in [1.54, 1.807) is 6.92 Å². The monoisotopic (exact) mass is 292 g/mol. The molecule has 0 saturated heterocycles. The van der Waals surface area contributed by atoms with Gasteiger partial charge in [-0.3, -0.25) is 14.3 Å². The highest BCUT2D eigenvalue weighted by atomic mass is 19.3.